The Kier molecular flexibility index (Phi) is 3.22. The Morgan fingerprint density at radius 3 is 2.18 bits per heavy atom. The summed E-state index contributed by atoms with van der Waals surface area (Å²) in [5.74, 6) is 0. The molecule has 4 heteroatoms. The Hall–Kier alpha value is -1.32. The van der Waals surface area contributed by atoms with Gasteiger partial charge in [0.1, 0.15) is 0 Å². The van der Waals surface area contributed by atoms with Crippen molar-refractivity contribution < 1.29 is 8.42 Å². The molecule has 0 atom stereocenters. The molecule has 0 unspecified atom stereocenters. The van der Waals surface area contributed by atoms with Gasteiger partial charge in [-0.15, -0.1) is 0 Å². The van der Waals surface area contributed by atoms with E-state index >= 15 is 0 Å². The smallest absolute Gasteiger partial charge is 0.175 e. The summed E-state index contributed by atoms with van der Waals surface area (Å²) in [6.45, 7) is 0. The fourth-order valence-corrected chi connectivity index (χ4v) is 2.34. The molecule has 0 heterocycles. The lowest BCUT2D eigenvalue weighted by atomic mass is 10.1. The van der Waals surface area contributed by atoms with Crippen LogP contribution in [0.3, 0.4) is 0 Å². The number of benzene rings is 2. The van der Waals surface area contributed by atoms with Crippen LogP contribution in [0.5, 0.6) is 0 Å². The third-order valence-corrected chi connectivity index (χ3v) is 3.80. The molecule has 0 aliphatic rings. The monoisotopic (exact) mass is 266 g/mol. The minimum atomic E-state index is -3.17. The van der Waals surface area contributed by atoms with Gasteiger partial charge in [-0.1, -0.05) is 35.9 Å². The molecule has 2 aromatic rings. The first-order chi connectivity index (χ1) is 7.97. The summed E-state index contributed by atoms with van der Waals surface area (Å²) in [5, 5.41) is 0.660. The Bertz CT molecular complexity index is 631. The molecule has 2 aromatic carbocycles. The van der Waals surface area contributed by atoms with Gasteiger partial charge < -0.3 is 0 Å². The third-order valence-electron chi connectivity index (χ3n) is 2.44. The van der Waals surface area contributed by atoms with Crippen LogP contribution in [-0.4, -0.2) is 14.7 Å². The van der Waals surface area contributed by atoms with Crippen molar-refractivity contribution in [2.45, 2.75) is 4.90 Å². The van der Waals surface area contributed by atoms with Gasteiger partial charge in [-0.25, -0.2) is 8.42 Å². The van der Waals surface area contributed by atoms with Crippen LogP contribution in [-0.2, 0) is 9.84 Å². The Morgan fingerprint density at radius 1 is 0.941 bits per heavy atom. The predicted octanol–water partition coefficient (Wildman–Crippen LogP) is 3.41. The van der Waals surface area contributed by atoms with Gasteiger partial charge in [0, 0.05) is 11.3 Å². The summed E-state index contributed by atoms with van der Waals surface area (Å²) in [5.41, 5.74) is 1.81. The highest BCUT2D eigenvalue weighted by atomic mass is 35.5. The maximum absolute atomic E-state index is 11.4. The van der Waals surface area contributed by atoms with Crippen LogP contribution in [0, 0.1) is 0 Å². The molecule has 88 valence electrons. The van der Waals surface area contributed by atoms with E-state index in [0.717, 1.165) is 11.1 Å². The lowest BCUT2D eigenvalue weighted by molar-refractivity contribution is 0.602. The molecule has 0 aromatic heterocycles. The first-order valence-electron chi connectivity index (χ1n) is 5.03. The summed E-state index contributed by atoms with van der Waals surface area (Å²) >= 11 is 5.81. The molecule has 2 nitrogen and oxygen atoms in total. The van der Waals surface area contributed by atoms with Crippen molar-refractivity contribution >= 4 is 21.4 Å². The first kappa shape index (κ1) is 12.1. The van der Waals surface area contributed by atoms with Crippen molar-refractivity contribution in [3.8, 4) is 11.1 Å². The highest BCUT2D eigenvalue weighted by Crippen LogP contribution is 2.23. The van der Waals surface area contributed by atoms with Gasteiger partial charge in [0.25, 0.3) is 0 Å². The fraction of sp³-hybridized carbons (Fsp3) is 0.0769. The van der Waals surface area contributed by atoms with Crippen LogP contribution < -0.4 is 0 Å². The molecule has 0 saturated carbocycles. The van der Waals surface area contributed by atoms with Gasteiger partial charge in [0.05, 0.1) is 4.90 Å². The van der Waals surface area contributed by atoms with Crippen LogP contribution in [0.4, 0.5) is 0 Å². The maximum Gasteiger partial charge on any atom is 0.175 e. The molecule has 0 spiro atoms. The normalized spacial score (nSPS) is 11.4. The van der Waals surface area contributed by atoms with E-state index in [1.54, 1.807) is 30.3 Å². The standard InChI is InChI=1S/C13H11ClO2S/c1-17(15,16)13-4-2-3-11(9-13)10-5-7-12(14)8-6-10/h2-9H,1H3. The highest BCUT2D eigenvalue weighted by molar-refractivity contribution is 7.90. The average molecular weight is 267 g/mol. The number of rotatable bonds is 2. The van der Waals surface area contributed by atoms with Crippen molar-refractivity contribution in [1.82, 2.24) is 0 Å². The molecule has 0 fully saturated rings. The quantitative estimate of drug-likeness (QED) is 0.835. The van der Waals surface area contributed by atoms with Crippen molar-refractivity contribution in [2.24, 2.45) is 0 Å². The van der Waals surface area contributed by atoms with E-state index in [1.807, 2.05) is 18.2 Å². The lowest BCUT2D eigenvalue weighted by Gasteiger charge is -2.04. The van der Waals surface area contributed by atoms with Gasteiger partial charge in [-0.2, -0.15) is 0 Å². The molecule has 0 aliphatic heterocycles. The van der Waals surface area contributed by atoms with Crippen LogP contribution >= 0.6 is 11.6 Å². The van der Waals surface area contributed by atoms with Gasteiger partial charge in [0.15, 0.2) is 9.84 Å². The summed E-state index contributed by atoms with van der Waals surface area (Å²) < 4.78 is 22.9. The van der Waals surface area contributed by atoms with Crippen LogP contribution in [0.1, 0.15) is 0 Å². The highest BCUT2D eigenvalue weighted by Gasteiger charge is 2.07. The van der Waals surface area contributed by atoms with E-state index in [0.29, 0.717) is 9.92 Å². The molecule has 0 N–H and O–H groups in total. The second kappa shape index (κ2) is 4.51. The first-order valence-corrected chi connectivity index (χ1v) is 7.30. The number of hydrogen-bond donors (Lipinski definition) is 0. The van der Waals surface area contributed by atoms with Gasteiger partial charge in [-0.3, -0.25) is 0 Å². The Balaban J connectivity index is 2.50. The molecule has 0 radical (unpaired) electrons. The van der Waals surface area contributed by atoms with Crippen molar-refractivity contribution in [3.63, 3.8) is 0 Å². The van der Waals surface area contributed by atoms with E-state index in [-0.39, 0.29) is 0 Å². The second-order valence-electron chi connectivity index (χ2n) is 3.81. The lowest BCUT2D eigenvalue weighted by Crippen LogP contribution is -1.96. The van der Waals surface area contributed by atoms with Gasteiger partial charge in [0.2, 0.25) is 0 Å². The van der Waals surface area contributed by atoms with E-state index in [1.165, 1.54) is 6.26 Å². The molecule has 0 saturated heterocycles. The number of sulfone groups is 1. The van der Waals surface area contributed by atoms with Crippen LogP contribution in [0.2, 0.25) is 5.02 Å². The van der Waals surface area contributed by atoms with E-state index in [9.17, 15) is 8.42 Å². The molecule has 17 heavy (non-hydrogen) atoms. The number of hydrogen-bond acceptors (Lipinski definition) is 2. The minimum absolute atomic E-state index is 0.324. The van der Waals surface area contributed by atoms with Gasteiger partial charge >= 0.3 is 0 Å². The molecule has 0 amide bonds. The van der Waals surface area contributed by atoms with E-state index < -0.39 is 9.84 Å². The Morgan fingerprint density at radius 2 is 1.59 bits per heavy atom. The third kappa shape index (κ3) is 2.87. The zero-order chi connectivity index (χ0) is 12.5. The van der Waals surface area contributed by atoms with E-state index in [4.69, 9.17) is 11.6 Å². The zero-order valence-corrected chi connectivity index (χ0v) is 10.8. The van der Waals surface area contributed by atoms with Crippen molar-refractivity contribution in [3.05, 3.63) is 53.6 Å². The average Bonchev–Trinajstić information content (AvgIpc) is 2.29. The summed E-state index contributed by atoms with van der Waals surface area (Å²) in [6, 6.07) is 14.2. The molecule has 0 aliphatic carbocycles. The predicted molar refractivity (Wildman–Crippen MR) is 70.0 cm³/mol. The summed E-state index contributed by atoms with van der Waals surface area (Å²) in [7, 11) is -3.17. The second-order valence-corrected chi connectivity index (χ2v) is 6.26. The maximum atomic E-state index is 11.4. The summed E-state index contributed by atoms with van der Waals surface area (Å²) in [4.78, 5) is 0.324. The SMILES string of the molecule is CS(=O)(=O)c1cccc(-c2ccc(Cl)cc2)c1. The van der Waals surface area contributed by atoms with E-state index in [2.05, 4.69) is 0 Å². The van der Waals surface area contributed by atoms with Crippen molar-refractivity contribution in [1.29, 1.82) is 0 Å². The minimum Gasteiger partial charge on any atom is -0.224 e. The molecular weight excluding hydrogens is 256 g/mol. The van der Waals surface area contributed by atoms with Crippen molar-refractivity contribution in [2.75, 3.05) is 6.26 Å². The molecule has 0 bridgehead atoms. The van der Waals surface area contributed by atoms with Crippen LogP contribution in [0.15, 0.2) is 53.4 Å². The summed E-state index contributed by atoms with van der Waals surface area (Å²) in [6.07, 6.45) is 1.20. The molecule has 2 rings (SSSR count). The Labute approximate surface area is 106 Å². The largest absolute Gasteiger partial charge is 0.224 e. The molecular formula is C13H11ClO2S. The van der Waals surface area contributed by atoms with Crippen LogP contribution in [0.25, 0.3) is 11.1 Å². The number of halogens is 1. The topological polar surface area (TPSA) is 34.1 Å². The fourth-order valence-electron chi connectivity index (χ4n) is 1.55. The zero-order valence-electron chi connectivity index (χ0n) is 9.22. The van der Waals surface area contributed by atoms with Gasteiger partial charge in [-0.05, 0) is 35.4 Å².